The third-order valence-electron chi connectivity index (χ3n) is 4.00. The Balaban J connectivity index is 1.96. The average molecular weight is 333 g/mol. The predicted octanol–water partition coefficient (Wildman–Crippen LogP) is 5.41. The molecule has 0 bridgehead atoms. The molecule has 1 heterocycles. The summed E-state index contributed by atoms with van der Waals surface area (Å²) in [4.78, 5) is 15.7. The molecule has 4 rings (SSSR count). The number of carbonyl (C=O) groups is 1. The number of benzene rings is 3. The number of ether oxygens (including phenoxy) is 1. The van der Waals surface area contributed by atoms with Gasteiger partial charge in [0, 0.05) is 10.6 Å². The minimum Gasteiger partial charge on any atom is -0.497 e. The lowest BCUT2D eigenvalue weighted by atomic mass is 10.1. The van der Waals surface area contributed by atoms with Crippen molar-refractivity contribution in [2.75, 3.05) is 12.0 Å². The number of thioether (sulfide) groups is 1. The fourth-order valence-electron chi connectivity index (χ4n) is 2.86. The summed E-state index contributed by atoms with van der Waals surface area (Å²) in [5.41, 5.74) is 3.61. The van der Waals surface area contributed by atoms with Gasteiger partial charge >= 0.3 is 0 Å². The smallest absolute Gasteiger partial charge is 0.226 e. The molecule has 0 saturated heterocycles. The summed E-state index contributed by atoms with van der Waals surface area (Å²) in [6, 6.07) is 23.6. The minimum atomic E-state index is 0.0639. The van der Waals surface area contributed by atoms with Crippen molar-refractivity contribution >= 4 is 33.9 Å². The van der Waals surface area contributed by atoms with Gasteiger partial charge in [0.1, 0.15) is 5.75 Å². The zero-order valence-corrected chi connectivity index (χ0v) is 13.9. The third-order valence-corrected chi connectivity index (χ3v) is 4.97. The molecule has 0 unspecified atom stereocenters. The van der Waals surface area contributed by atoms with Crippen LogP contribution in [0.3, 0.4) is 0 Å². The van der Waals surface area contributed by atoms with E-state index in [0.717, 1.165) is 33.3 Å². The highest BCUT2D eigenvalue weighted by Gasteiger charge is 2.26. The molecule has 0 radical (unpaired) electrons. The highest BCUT2D eigenvalue weighted by atomic mass is 32.2. The van der Waals surface area contributed by atoms with Crippen LogP contribution in [-0.4, -0.2) is 12.2 Å². The van der Waals surface area contributed by atoms with Crippen LogP contribution < -0.4 is 9.64 Å². The van der Waals surface area contributed by atoms with Gasteiger partial charge in [0.15, 0.2) is 0 Å². The Kier molecular flexibility index (Phi) is 3.75. The lowest BCUT2D eigenvalue weighted by Crippen LogP contribution is -2.11. The fraction of sp³-hybridized carbons (Fsp3) is 0.0500. The number of nitrogens with zero attached hydrogens (tertiary/aromatic N) is 1. The lowest BCUT2D eigenvalue weighted by molar-refractivity contribution is 0.109. The van der Waals surface area contributed by atoms with Crippen molar-refractivity contribution in [2.45, 2.75) is 4.90 Å². The van der Waals surface area contributed by atoms with E-state index in [4.69, 9.17) is 4.74 Å². The zero-order valence-electron chi connectivity index (χ0n) is 13.1. The van der Waals surface area contributed by atoms with Gasteiger partial charge in [0.05, 0.1) is 24.0 Å². The number of methoxy groups -OCH3 is 1. The Bertz CT molecular complexity index is 906. The summed E-state index contributed by atoms with van der Waals surface area (Å²) in [5.74, 6) is 0.806. The molecule has 0 amide bonds. The minimum absolute atomic E-state index is 0.0639. The van der Waals surface area contributed by atoms with Gasteiger partial charge in [0.2, 0.25) is 5.12 Å². The van der Waals surface area contributed by atoms with Gasteiger partial charge < -0.3 is 9.64 Å². The average Bonchev–Trinajstić information content (AvgIpc) is 2.76. The summed E-state index contributed by atoms with van der Waals surface area (Å²) >= 11 is 1.28. The molecule has 0 fully saturated rings. The third kappa shape index (κ3) is 2.45. The van der Waals surface area contributed by atoms with Crippen molar-refractivity contribution in [3.63, 3.8) is 0 Å². The van der Waals surface area contributed by atoms with Crippen molar-refractivity contribution in [1.82, 2.24) is 0 Å². The van der Waals surface area contributed by atoms with Gasteiger partial charge in [-0.3, -0.25) is 4.79 Å². The Morgan fingerprint density at radius 3 is 2.25 bits per heavy atom. The maximum absolute atomic E-state index is 12.7. The first-order valence-electron chi connectivity index (χ1n) is 7.62. The number of para-hydroxylation sites is 2. The molecular weight excluding hydrogens is 318 g/mol. The highest BCUT2D eigenvalue weighted by molar-refractivity contribution is 8.14. The zero-order chi connectivity index (χ0) is 16.5. The van der Waals surface area contributed by atoms with Crippen molar-refractivity contribution in [3.8, 4) is 5.75 Å². The van der Waals surface area contributed by atoms with Crippen LogP contribution in [0.15, 0.2) is 77.7 Å². The SMILES string of the molecule is COc1ccc(N2c3ccccc3SC(=O)c3ccccc32)cc1. The standard InChI is InChI=1S/C20H15NO2S/c1-23-15-12-10-14(11-13-15)21-17-7-3-2-6-16(17)20(22)24-19-9-5-4-8-18(19)21/h2-13H,1H3. The van der Waals surface area contributed by atoms with E-state index in [2.05, 4.69) is 4.90 Å². The summed E-state index contributed by atoms with van der Waals surface area (Å²) < 4.78 is 5.26. The van der Waals surface area contributed by atoms with Gasteiger partial charge in [-0.25, -0.2) is 0 Å². The first kappa shape index (κ1) is 14.8. The largest absolute Gasteiger partial charge is 0.497 e. The maximum Gasteiger partial charge on any atom is 0.226 e. The Hall–Kier alpha value is -2.72. The summed E-state index contributed by atoms with van der Waals surface area (Å²) in [6.07, 6.45) is 0. The van der Waals surface area contributed by atoms with Crippen molar-refractivity contribution < 1.29 is 9.53 Å². The van der Waals surface area contributed by atoms with Gasteiger partial charge in [-0.2, -0.15) is 0 Å². The number of rotatable bonds is 2. The highest BCUT2D eigenvalue weighted by Crippen LogP contribution is 2.46. The van der Waals surface area contributed by atoms with Crippen LogP contribution in [0.25, 0.3) is 0 Å². The van der Waals surface area contributed by atoms with Crippen LogP contribution in [0.2, 0.25) is 0 Å². The van der Waals surface area contributed by atoms with E-state index in [0.29, 0.717) is 0 Å². The van der Waals surface area contributed by atoms with Crippen molar-refractivity contribution in [2.24, 2.45) is 0 Å². The van der Waals surface area contributed by atoms with Gasteiger partial charge in [-0.05, 0) is 60.3 Å². The molecule has 0 aromatic heterocycles. The van der Waals surface area contributed by atoms with Crippen LogP contribution in [0.5, 0.6) is 5.75 Å². The van der Waals surface area contributed by atoms with Crippen LogP contribution in [0.1, 0.15) is 10.4 Å². The molecule has 1 aliphatic rings. The van der Waals surface area contributed by atoms with Gasteiger partial charge in [-0.1, -0.05) is 24.3 Å². The molecule has 3 aromatic rings. The maximum atomic E-state index is 12.7. The quantitative estimate of drug-likeness (QED) is 0.627. The topological polar surface area (TPSA) is 29.5 Å². The Labute approximate surface area is 144 Å². The molecule has 4 heteroatoms. The second-order valence-corrected chi connectivity index (χ2v) is 6.42. The molecule has 3 aromatic carbocycles. The van der Waals surface area contributed by atoms with Crippen LogP contribution in [0.4, 0.5) is 17.1 Å². The van der Waals surface area contributed by atoms with E-state index in [1.807, 2.05) is 72.8 Å². The van der Waals surface area contributed by atoms with Crippen LogP contribution in [0, 0.1) is 0 Å². The predicted molar refractivity (Wildman–Crippen MR) is 97.9 cm³/mol. The van der Waals surface area contributed by atoms with Gasteiger partial charge in [-0.15, -0.1) is 0 Å². The van der Waals surface area contributed by atoms with Gasteiger partial charge in [0.25, 0.3) is 0 Å². The monoisotopic (exact) mass is 333 g/mol. The number of carbonyl (C=O) groups excluding carboxylic acids is 1. The van der Waals surface area contributed by atoms with Crippen LogP contribution >= 0.6 is 11.8 Å². The molecule has 118 valence electrons. The van der Waals surface area contributed by atoms with Crippen molar-refractivity contribution in [1.29, 1.82) is 0 Å². The molecule has 0 N–H and O–H groups in total. The number of fused-ring (bicyclic) bond motifs is 2. The normalized spacial score (nSPS) is 13.0. The van der Waals surface area contributed by atoms with E-state index in [-0.39, 0.29) is 5.12 Å². The van der Waals surface area contributed by atoms with E-state index in [1.165, 1.54) is 11.8 Å². The summed E-state index contributed by atoms with van der Waals surface area (Å²) in [7, 11) is 1.65. The molecule has 0 saturated carbocycles. The molecule has 3 nitrogen and oxygen atoms in total. The number of anilines is 3. The number of hydrogen-bond donors (Lipinski definition) is 0. The molecule has 0 atom stereocenters. The first-order chi connectivity index (χ1) is 11.8. The second kappa shape index (κ2) is 6.06. The van der Waals surface area contributed by atoms with Crippen LogP contribution in [-0.2, 0) is 0 Å². The molecule has 24 heavy (non-hydrogen) atoms. The lowest BCUT2D eigenvalue weighted by Gasteiger charge is -2.26. The number of hydrogen-bond acceptors (Lipinski definition) is 4. The summed E-state index contributed by atoms with van der Waals surface area (Å²) in [5, 5.41) is 0.0639. The summed E-state index contributed by atoms with van der Waals surface area (Å²) in [6.45, 7) is 0. The molecular formula is C20H15NO2S. The van der Waals surface area contributed by atoms with E-state index in [1.54, 1.807) is 7.11 Å². The fourth-order valence-corrected chi connectivity index (χ4v) is 3.76. The second-order valence-electron chi connectivity index (χ2n) is 5.41. The molecule has 0 aliphatic carbocycles. The Morgan fingerprint density at radius 1 is 0.833 bits per heavy atom. The van der Waals surface area contributed by atoms with Crippen molar-refractivity contribution in [3.05, 3.63) is 78.4 Å². The van der Waals surface area contributed by atoms with E-state index < -0.39 is 0 Å². The van der Waals surface area contributed by atoms with E-state index >= 15 is 0 Å². The van der Waals surface area contributed by atoms with E-state index in [9.17, 15) is 4.79 Å². The molecule has 1 aliphatic heterocycles. The Morgan fingerprint density at radius 2 is 1.50 bits per heavy atom. The first-order valence-corrected chi connectivity index (χ1v) is 8.44. The molecule has 0 spiro atoms.